The van der Waals surface area contributed by atoms with Crippen LogP contribution in [0.1, 0.15) is 25.0 Å². The molecule has 0 saturated carbocycles. The number of hydrogen-bond donors (Lipinski definition) is 2. The second-order valence-corrected chi connectivity index (χ2v) is 8.08. The summed E-state index contributed by atoms with van der Waals surface area (Å²) >= 11 is 0. The lowest BCUT2D eigenvalue weighted by atomic mass is 10.0. The van der Waals surface area contributed by atoms with Gasteiger partial charge >= 0.3 is 0 Å². The maximum Gasteiger partial charge on any atom is 0.132 e. The van der Waals surface area contributed by atoms with Gasteiger partial charge in [-0.3, -0.25) is 15.1 Å². The lowest BCUT2D eigenvalue weighted by Gasteiger charge is -2.03. The Morgan fingerprint density at radius 1 is 1.12 bits per heavy atom. The van der Waals surface area contributed by atoms with E-state index in [0.29, 0.717) is 11.3 Å². The van der Waals surface area contributed by atoms with E-state index in [0.717, 1.165) is 56.0 Å². The van der Waals surface area contributed by atoms with Gasteiger partial charge in [0, 0.05) is 40.3 Å². The normalized spacial score (nSPS) is 12.6. The molecule has 2 N–H and O–H groups in total. The Morgan fingerprint density at radius 2 is 1.97 bits per heavy atom. The molecule has 4 heterocycles. The summed E-state index contributed by atoms with van der Waals surface area (Å²) in [6.45, 7) is 8.34. The predicted molar refractivity (Wildman–Crippen MR) is 136 cm³/mol. The minimum atomic E-state index is -0.305. The average molecular weight is 450 g/mol. The SMILES string of the molecule is C=C(/C=c1/c(-c2cc3c(-c4ccccc4F)nccc3[nH]2)n[nH]/c1=C/C)c1cncc(CC)c1. The first-order valence-electron chi connectivity index (χ1n) is 11.2. The molecule has 168 valence electrons. The van der Waals surface area contributed by atoms with Crippen molar-refractivity contribution < 1.29 is 4.39 Å². The van der Waals surface area contributed by atoms with Gasteiger partial charge in [-0.05, 0) is 66.5 Å². The fraction of sp³-hybridized carbons (Fsp3) is 0.107. The first-order valence-corrected chi connectivity index (χ1v) is 11.2. The van der Waals surface area contributed by atoms with Crippen LogP contribution in [-0.2, 0) is 6.42 Å². The zero-order valence-corrected chi connectivity index (χ0v) is 19.1. The van der Waals surface area contributed by atoms with Crippen molar-refractivity contribution >= 4 is 28.6 Å². The molecule has 0 spiro atoms. The number of aromatic amines is 2. The summed E-state index contributed by atoms with van der Waals surface area (Å²) in [5.41, 5.74) is 6.45. The van der Waals surface area contributed by atoms with E-state index in [4.69, 9.17) is 0 Å². The number of benzene rings is 1. The molecule has 6 heteroatoms. The van der Waals surface area contributed by atoms with Crippen molar-refractivity contribution in [2.24, 2.45) is 0 Å². The zero-order valence-electron chi connectivity index (χ0n) is 19.1. The zero-order chi connectivity index (χ0) is 23.7. The van der Waals surface area contributed by atoms with Gasteiger partial charge < -0.3 is 4.98 Å². The fourth-order valence-electron chi connectivity index (χ4n) is 4.10. The van der Waals surface area contributed by atoms with Crippen LogP contribution < -0.4 is 10.6 Å². The molecule has 0 radical (unpaired) electrons. The summed E-state index contributed by atoms with van der Waals surface area (Å²) in [5, 5.41) is 10.3. The van der Waals surface area contributed by atoms with E-state index in [1.165, 1.54) is 6.07 Å². The third kappa shape index (κ3) is 3.83. The summed E-state index contributed by atoms with van der Waals surface area (Å²) in [4.78, 5) is 12.2. The highest BCUT2D eigenvalue weighted by atomic mass is 19.1. The molecule has 5 aromatic rings. The second-order valence-electron chi connectivity index (χ2n) is 8.08. The first kappa shape index (κ1) is 21.5. The van der Waals surface area contributed by atoms with Gasteiger partial charge in [-0.15, -0.1) is 0 Å². The highest BCUT2D eigenvalue weighted by molar-refractivity contribution is 5.96. The first-order chi connectivity index (χ1) is 16.6. The second kappa shape index (κ2) is 8.90. The van der Waals surface area contributed by atoms with Gasteiger partial charge in [0.15, 0.2) is 0 Å². The topological polar surface area (TPSA) is 70.2 Å². The van der Waals surface area contributed by atoms with Gasteiger partial charge in [0.25, 0.3) is 0 Å². The number of fused-ring (bicyclic) bond motifs is 1. The Hall–Kier alpha value is -4.32. The van der Waals surface area contributed by atoms with E-state index in [-0.39, 0.29) is 5.82 Å². The number of pyridine rings is 2. The summed E-state index contributed by atoms with van der Waals surface area (Å²) in [6, 6.07) is 12.6. The van der Waals surface area contributed by atoms with Crippen LogP contribution in [0.15, 0.2) is 67.6 Å². The highest BCUT2D eigenvalue weighted by Crippen LogP contribution is 2.30. The number of nitrogens with zero attached hydrogens (tertiary/aromatic N) is 3. The van der Waals surface area contributed by atoms with Crippen LogP contribution in [0.2, 0.25) is 0 Å². The van der Waals surface area contributed by atoms with Crippen molar-refractivity contribution in [3.8, 4) is 22.6 Å². The molecule has 0 aliphatic carbocycles. The molecule has 1 aromatic carbocycles. The van der Waals surface area contributed by atoms with E-state index >= 15 is 0 Å². The molecule has 0 amide bonds. The molecule has 0 fully saturated rings. The average Bonchev–Trinajstić information content (AvgIpc) is 3.48. The van der Waals surface area contributed by atoms with Crippen molar-refractivity contribution in [2.45, 2.75) is 20.3 Å². The monoisotopic (exact) mass is 449 g/mol. The van der Waals surface area contributed by atoms with Crippen molar-refractivity contribution in [3.63, 3.8) is 0 Å². The smallest absolute Gasteiger partial charge is 0.132 e. The molecule has 5 nitrogen and oxygen atoms in total. The molecule has 0 saturated heterocycles. The van der Waals surface area contributed by atoms with E-state index in [9.17, 15) is 4.39 Å². The quantitative estimate of drug-likeness (QED) is 0.396. The minimum absolute atomic E-state index is 0.305. The molecule has 4 aromatic heterocycles. The summed E-state index contributed by atoms with van der Waals surface area (Å²) in [7, 11) is 0. The van der Waals surface area contributed by atoms with E-state index < -0.39 is 0 Å². The van der Waals surface area contributed by atoms with Crippen LogP contribution >= 0.6 is 0 Å². The van der Waals surface area contributed by atoms with Crippen molar-refractivity contribution in [3.05, 3.63) is 95.1 Å². The van der Waals surface area contributed by atoms with E-state index in [1.807, 2.05) is 49.7 Å². The molecule has 34 heavy (non-hydrogen) atoms. The van der Waals surface area contributed by atoms with Crippen LogP contribution in [0.5, 0.6) is 0 Å². The van der Waals surface area contributed by atoms with E-state index in [2.05, 4.69) is 44.7 Å². The number of aromatic nitrogens is 5. The number of aryl methyl sites for hydroxylation is 1. The molecular formula is C28H24FN5. The maximum atomic E-state index is 14.5. The van der Waals surface area contributed by atoms with Gasteiger partial charge in [0.1, 0.15) is 11.5 Å². The summed E-state index contributed by atoms with van der Waals surface area (Å²) in [5.74, 6) is -0.305. The van der Waals surface area contributed by atoms with Crippen molar-refractivity contribution in [1.82, 2.24) is 25.1 Å². The Morgan fingerprint density at radius 3 is 2.76 bits per heavy atom. The van der Waals surface area contributed by atoms with Crippen LogP contribution in [0, 0.1) is 5.82 Å². The van der Waals surface area contributed by atoms with Crippen molar-refractivity contribution in [1.29, 1.82) is 0 Å². The molecule has 0 aliphatic heterocycles. The lowest BCUT2D eigenvalue weighted by Crippen LogP contribution is -2.23. The molecule has 0 atom stereocenters. The number of rotatable bonds is 5. The Labute approximate surface area is 196 Å². The Balaban J connectivity index is 1.66. The number of hydrogen-bond acceptors (Lipinski definition) is 3. The number of halogens is 1. The summed E-state index contributed by atoms with van der Waals surface area (Å²) in [6.07, 6.45) is 10.3. The largest absolute Gasteiger partial charge is 0.353 e. The van der Waals surface area contributed by atoms with Gasteiger partial charge in [0.05, 0.1) is 16.7 Å². The summed E-state index contributed by atoms with van der Waals surface area (Å²) < 4.78 is 14.5. The van der Waals surface area contributed by atoms with Crippen LogP contribution in [0.3, 0.4) is 0 Å². The minimum Gasteiger partial charge on any atom is -0.353 e. The Kier molecular flexibility index (Phi) is 5.64. The molecule has 0 unspecified atom stereocenters. The molecule has 0 aliphatic rings. The van der Waals surface area contributed by atoms with Gasteiger partial charge in [-0.25, -0.2) is 4.39 Å². The highest BCUT2D eigenvalue weighted by Gasteiger charge is 2.15. The van der Waals surface area contributed by atoms with E-state index in [1.54, 1.807) is 18.3 Å². The number of H-pyrrole nitrogens is 2. The third-order valence-corrected chi connectivity index (χ3v) is 5.95. The molecule has 0 bridgehead atoms. The third-order valence-electron chi connectivity index (χ3n) is 5.95. The van der Waals surface area contributed by atoms with Crippen molar-refractivity contribution in [2.75, 3.05) is 0 Å². The van der Waals surface area contributed by atoms with Crippen LogP contribution in [-0.4, -0.2) is 25.1 Å². The molecular weight excluding hydrogens is 425 g/mol. The standard InChI is InChI=1S/C28H24FN5/c1-4-18-13-19(16-30-15-18)17(3)12-21-24(5-2)33-34-28(21)26-14-22-25(32-26)10-11-31-27(22)20-8-6-7-9-23(20)29/h5-16,32-33H,3-4H2,1-2H3/b21-12+,24-5+. The predicted octanol–water partition coefficient (Wildman–Crippen LogP) is 5.01. The lowest BCUT2D eigenvalue weighted by molar-refractivity contribution is 0.631. The number of allylic oxidation sites excluding steroid dienone is 1. The maximum absolute atomic E-state index is 14.5. The molecule has 5 rings (SSSR count). The fourth-order valence-corrected chi connectivity index (χ4v) is 4.10. The number of nitrogens with one attached hydrogen (secondary N) is 2. The van der Waals surface area contributed by atoms with Gasteiger partial charge in [0.2, 0.25) is 0 Å². The van der Waals surface area contributed by atoms with Crippen LogP contribution in [0.4, 0.5) is 4.39 Å². The van der Waals surface area contributed by atoms with Gasteiger partial charge in [-0.2, -0.15) is 5.10 Å². The van der Waals surface area contributed by atoms with Crippen LogP contribution in [0.25, 0.3) is 51.3 Å². The van der Waals surface area contributed by atoms with Gasteiger partial charge in [-0.1, -0.05) is 31.7 Å². The Bertz CT molecular complexity index is 1640.